The number of hydrogen-bond acceptors (Lipinski definition) is 9. The van der Waals surface area contributed by atoms with Crippen LogP contribution in [0.2, 0.25) is 0 Å². The molecule has 2 heterocycles. The van der Waals surface area contributed by atoms with Gasteiger partial charge >= 0.3 is 0 Å². The molecular formula is C22H22N6O4S. The molecule has 11 heteroatoms. The number of amides is 1. The summed E-state index contributed by atoms with van der Waals surface area (Å²) in [5, 5.41) is 15.7. The number of thioether (sulfide) groups is 1. The van der Waals surface area contributed by atoms with Crippen LogP contribution in [-0.4, -0.2) is 50.8 Å². The van der Waals surface area contributed by atoms with Crippen LogP contribution in [-0.2, 0) is 11.8 Å². The maximum Gasteiger partial charge on any atom is 0.296 e. The van der Waals surface area contributed by atoms with Crippen LogP contribution in [0.25, 0.3) is 23.1 Å². The molecule has 1 amide bonds. The van der Waals surface area contributed by atoms with Gasteiger partial charge in [0.1, 0.15) is 11.5 Å². The monoisotopic (exact) mass is 466 g/mol. The SMILES string of the molecule is COc1ccc(NC(=O)CSc2nnc(-c3nc(-c4ccc(C)cc4)no3)n2C)c(OC)c1. The van der Waals surface area contributed by atoms with E-state index in [-0.39, 0.29) is 17.6 Å². The van der Waals surface area contributed by atoms with Gasteiger partial charge in [0.15, 0.2) is 5.16 Å². The Hall–Kier alpha value is -3.86. The predicted molar refractivity (Wildman–Crippen MR) is 123 cm³/mol. The summed E-state index contributed by atoms with van der Waals surface area (Å²) in [4.78, 5) is 16.9. The van der Waals surface area contributed by atoms with E-state index in [1.807, 2.05) is 31.2 Å². The molecule has 0 aliphatic rings. The summed E-state index contributed by atoms with van der Waals surface area (Å²) in [5.74, 6) is 2.19. The first kappa shape index (κ1) is 22.3. The Morgan fingerprint density at radius 3 is 2.64 bits per heavy atom. The van der Waals surface area contributed by atoms with Crippen LogP contribution in [0.1, 0.15) is 5.56 Å². The molecule has 0 aliphatic carbocycles. The second-order valence-corrected chi connectivity index (χ2v) is 8.00. The summed E-state index contributed by atoms with van der Waals surface area (Å²) in [5.41, 5.74) is 2.54. The number of benzene rings is 2. The molecular weight excluding hydrogens is 444 g/mol. The van der Waals surface area contributed by atoms with E-state index >= 15 is 0 Å². The van der Waals surface area contributed by atoms with Crippen molar-refractivity contribution in [3.05, 3.63) is 48.0 Å². The zero-order valence-corrected chi connectivity index (χ0v) is 19.3. The van der Waals surface area contributed by atoms with Gasteiger partial charge in [0.05, 0.1) is 25.7 Å². The van der Waals surface area contributed by atoms with E-state index in [4.69, 9.17) is 14.0 Å². The molecule has 1 N–H and O–H groups in total. The summed E-state index contributed by atoms with van der Waals surface area (Å²) in [7, 11) is 4.87. The van der Waals surface area contributed by atoms with Gasteiger partial charge in [-0.3, -0.25) is 4.79 Å². The van der Waals surface area contributed by atoms with Crippen LogP contribution in [0, 0.1) is 6.92 Å². The minimum absolute atomic E-state index is 0.125. The van der Waals surface area contributed by atoms with E-state index in [2.05, 4.69) is 25.7 Å². The van der Waals surface area contributed by atoms with E-state index in [0.717, 1.165) is 11.1 Å². The van der Waals surface area contributed by atoms with E-state index in [9.17, 15) is 4.79 Å². The lowest BCUT2D eigenvalue weighted by molar-refractivity contribution is -0.113. The fourth-order valence-corrected chi connectivity index (χ4v) is 3.69. The highest BCUT2D eigenvalue weighted by molar-refractivity contribution is 7.99. The first-order chi connectivity index (χ1) is 16.0. The lowest BCUT2D eigenvalue weighted by Crippen LogP contribution is -2.15. The van der Waals surface area contributed by atoms with Crippen LogP contribution >= 0.6 is 11.8 Å². The molecule has 170 valence electrons. The number of ether oxygens (including phenoxy) is 2. The van der Waals surface area contributed by atoms with Gasteiger partial charge in [0.25, 0.3) is 5.89 Å². The quantitative estimate of drug-likeness (QED) is 0.389. The predicted octanol–water partition coefficient (Wildman–Crippen LogP) is 3.59. The smallest absolute Gasteiger partial charge is 0.296 e. The molecule has 0 radical (unpaired) electrons. The molecule has 2 aromatic heterocycles. The molecule has 0 atom stereocenters. The van der Waals surface area contributed by atoms with E-state index in [0.29, 0.717) is 34.0 Å². The van der Waals surface area contributed by atoms with Gasteiger partial charge < -0.3 is 23.9 Å². The zero-order chi connectivity index (χ0) is 23.4. The van der Waals surface area contributed by atoms with Crippen molar-refractivity contribution in [2.24, 2.45) is 7.05 Å². The van der Waals surface area contributed by atoms with Crippen molar-refractivity contribution >= 4 is 23.4 Å². The van der Waals surface area contributed by atoms with Crippen molar-refractivity contribution in [3.8, 4) is 34.6 Å². The topological polar surface area (TPSA) is 117 Å². The Morgan fingerprint density at radius 2 is 1.91 bits per heavy atom. The van der Waals surface area contributed by atoms with E-state index < -0.39 is 0 Å². The third-order valence-electron chi connectivity index (χ3n) is 4.78. The van der Waals surface area contributed by atoms with Crippen LogP contribution in [0.3, 0.4) is 0 Å². The van der Waals surface area contributed by atoms with Crippen LogP contribution < -0.4 is 14.8 Å². The zero-order valence-electron chi connectivity index (χ0n) is 18.5. The first-order valence-electron chi connectivity index (χ1n) is 9.93. The summed E-state index contributed by atoms with van der Waals surface area (Å²) >= 11 is 1.24. The maximum absolute atomic E-state index is 12.5. The lowest BCUT2D eigenvalue weighted by Gasteiger charge is -2.11. The van der Waals surface area contributed by atoms with Crippen molar-refractivity contribution in [2.45, 2.75) is 12.1 Å². The molecule has 0 aliphatic heterocycles. The minimum Gasteiger partial charge on any atom is -0.497 e. The number of nitrogens with one attached hydrogen (secondary N) is 1. The van der Waals surface area contributed by atoms with Crippen molar-refractivity contribution in [1.82, 2.24) is 24.9 Å². The summed E-state index contributed by atoms with van der Waals surface area (Å²) in [6.45, 7) is 2.01. The fourth-order valence-electron chi connectivity index (χ4n) is 2.98. The molecule has 0 bridgehead atoms. The van der Waals surface area contributed by atoms with Gasteiger partial charge in [-0.05, 0) is 19.1 Å². The molecule has 0 unspecified atom stereocenters. The summed E-state index contributed by atoms with van der Waals surface area (Å²) in [6.07, 6.45) is 0. The Kier molecular flexibility index (Phi) is 6.59. The second-order valence-electron chi connectivity index (χ2n) is 7.06. The Morgan fingerprint density at radius 1 is 1.12 bits per heavy atom. The minimum atomic E-state index is -0.215. The van der Waals surface area contributed by atoms with E-state index in [1.54, 1.807) is 36.9 Å². The molecule has 10 nitrogen and oxygen atoms in total. The van der Waals surface area contributed by atoms with Gasteiger partial charge in [-0.25, -0.2) is 0 Å². The number of rotatable bonds is 8. The standard InChI is InChI=1S/C22H22N6O4S/c1-13-5-7-14(8-6-13)19-24-21(32-27-19)20-25-26-22(28(20)2)33-12-18(29)23-16-10-9-15(30-3)11-17(16)31-4/h5-11H,12H2,1-4H3,(H,23,29). The highest BCUT2D eigenvalue weighted by Gasteiger charge is 2.19. The molecule has 4 rings (SSSR count). The number of aromatic nitrogens is 5. The second kappa shape index (κ2) is 9.74. The van der Waals surface area contributed by atoms with Crippen LogP contribution in [0.4, 0.5) is 5.69 Å². The highest BCUT2D eigenvalue weighted by atomic mass is 32.2. The molecule has 4 aromatic rings. The third kappa shape index (κ3) is 4.98. The number of aryl methyl sites for hydroxylation is 1. The number of hydrogen-bond donors (Lipinski definition) is 1. The van der Waals surface area contributed by atoms with Crippen molar-refractivity contribution in [3.63, 3.8) is 0 Å². The van der Waals surface area contributed by atoms with Gasteiger partial charge in [0.2, 0.25) is 17.6 Å². The molecule has 0 saturated carbocycles. The van der Waals surface area contributed by atoms with E-state index in [1.165, 1.54) is 18.9 Å². The Balaban J connectivity index is 1.42. The van der Waals surface area contributed by atoms with Gasteiger partial charge in [-0.1, -0.05) is 46.7 Å². The van der Waals surface area contributed by atoms with Gasteiger partial charge in [-0.15, -0.1) is 10.2 Å². The number of anilines is 1. The highest BCUT2D eigenvalue weighted by Crippen LogP contribution is 2.29. The van der Waals surface area contributed by atoms with Gasteiger partial charge in [0, 0.05) is 18.7 Å². The average Bonchev–Trinajstić information content (AvgIpc) is 3.45. The van der Waals surface area contributed by atoms with Crippen LogP contribution in [0.15, 0.2) is 52.1 Å². The summed E-state index contributed by atoms with van der Waals surface area (Å²) < 4.78 is 17.6. The number of carbonyl (C=O) groups is 1. The molecule has 0 fully saturated rings. The Bertz CT molecular complexity index is 1270. The lowest BCUT2D eigenvalue weighted by atomic mass is 10.1. The summed E-state index contributed by atoms with van der Waals surface area (Å²) in [6, 6.07) is 13.0. The number of carbonyl (C=O) groups excluding carboxylic acids is 1. The molecule has 0 spiro atoms. The largest absolute Gasteiger partial charge is 0.497 e. The molecule has 2 aromatic carbocycles. The first-order valence-corrected chi connectivity index (χ1v) is 10.9. The third-order valence-corrected chi connectivity index (χ3v) is 5.80. The maximum atomic E-state index is 12.5. The average molecular weight is 467 g/mol. The number of methoxy groups -OCH3 is 2. The van der Waals surface area contributed by atoms with Crippen molar-refractivity contribution in [2.75, 3.05) is 25.3 Å². The fraction of sp³-hybridized carbons (Fsp3) is 0.227. The van der Waals surface area contributed by atoms with Crippen molar-refractivity contribution < 1.29 is 18.8 Å². The molecule has 33 heavy (non-hydrogen) atoms. The number of nitrogens with zero attached hydrogens (tertiary/aromatic N) is 5. The Labute approximate surface area is 194 Å². The van der Waals surface area contributed by atoms with Gasteiger partial charge in [-0.2, -0.15) is 4.98 Å². The van der Waals surface area contributed by atoms with Crippen LogP contribution in [0.5, 0.6) is 11.5 Å². The van der Waals surface area contributed by atoms with Crippen molar-refractivity contribution in [1.29, 1.82) is 0 Å². The normalized spacial score (nSPS) is 10.8. The molecule has 0 saturated heterocycles.